The molecule has 0 aromatic heterocycles. The molecular weight excluding hydrogens is 363 g/mol. The summed E-state index contributed by atoms with van der Waals surface area (Å²) >= 11 is 0. The number of benzene rings is 2. The second-order valence-electron chi connectivity index (χ2n) is 7.03. The molecule has 0 saturated heterocycles. The summed E-state index contributed by atoms with van der Waals surface area (Å²) in [5, 5.41) is 5.44. The summed E-state index contributed by atoms with van der Waals surface area (Å²) in [6, 6.07) is 11.5. The number of carbonyl (C=O) groups is 2. The Kier molecular flexibility index (Phi) is 5.82. The van der Waals surface area contributed by atoms with Gasteiger partial charge in [0.05, 0.1) is 0 Å². The normalized spacial score (nSPS) is 13.0. The van der Waals surface area contributed by atoms with Crippen molar-refractivity contribution >= 4 is 17.5 Å². The molecule has 6 nitrogen and oxygen atoms in total. The van der Waals surface area contributed by atoms with Crippen LogP contribution in [0.4, 0.5) is 10.1 Å². The zero-order valence-corrected chi connectivity index (χ0v) is 15.9. The molecule has 2 aromatic rings. The van der Waals surface area contributed by atoms with Gasteiger partial charge in [-0.3, -0.25) is 9.59 Å². The first-order valence-electron chi connectivity index (χ1n) is 9.11. The third-order valence-electron chi connectivity index (χ3n) is 4.57. The lowest BCUT2D eigenvalue weighted by molar-refractivity contribution is -0.138. The number of halogens is 1. The molecule has 1 heterocycles. The van der Waals surface area contributed by atoms with Crippen LogP contribution in [-0.4, -0.2) is 31.6 Å². The highest BCUT2D eigenvalue weighted by atomic mass is 19.1. The number of ether oxygens (including phenoxy) is 2. The fraction of sp³-hybridized carbons (Fsp3) is 0.333. The molecule has 148 valence electrons. The first-order valence-corrected chi connectivity index (χ1v) is 9.11. The van der Waals surface area contributed by atoms with E-state index in [9.17, 15) is 14.0 Å². The van der Waals surface area contributed by atoms with E-state index < -0.39 is 17.2 Å². The van der Waals surface area contributed by atoms with Gasteiger partial charge in [-0.2, -0.15) is 0 Å². The van der Waals surface area contributed by atoms with Crippen LogP contribution in [0.5, 0.6) is 11.5 Å². The van der Waals surface area contributed by atoms with Gasteiger partial charge in [0.15, 0.2) is 11.5 Å². The minimum Gasteiger partial charge on any atom is -0.486 e. The van der Waals surface area contributed by atoms with Gasteiger partial charge in [0, 0.05) is 18.3 Å². The molecule has 1 aliphatic heterocycles. The minimum absolute atomic E-state index is 0.237. The van der Waals surface area contributed by atoms with Crippen LogP contribution in [0.2, 0.25) is 0 Å². The number of amides is 2. The third kappa shape index (κ3) is 4.42. The number of fused-ring (bicyclic) bond motifs is 1. The molecule has 0 unspecified atom stereocenters. The second-order valence-corrected chi connectivity index (χ2v) is 7.03. The van der Waals surface area contributed by atoms with Gasteiger partial charge in [0.25, 0.3) is 0 Å². The molecule has 2 aromatic carbocycles. The van der Waals surface area contributed by atoms with Crippen LogP contribution < -0.4 is 20.1 Å². The Labute approximate surface area is 163 Å². The summed E-state index contributed by atoms with van der Waals surface area (Å²) in [4.78, 5) is 25.1. The zero-order valence-electron chi connectivity index (χ0n) is 15.9. The molecule has 0 fully saturated rings. The SMILES string of the molecule is CC(C)(C(=O)NCCc1ccccc1F)C(=O)Nc1ccc2c(c1)OCCO2. The number of nitrogens with one attached hydrogen (secondary N) is 2. The molecule has 1 aliphatic rings. The average molecular weight is 386 g/mol. The van der Waals surface area contributed by atoms with E-state index in [1.54, 1.807) is 50.2 Å². The van der Waals surface area contributed by atoms with E-state index in [4.69, 9.17) is 9.47 Å². The molecule has 0 atom stereocenters. The Morgan fingerprint density at radius 3 is 2.50 bits per heavy atom. The van der Waals surface area contributed by atoms with Crippen molar-refractivity contribution in [3.8, 4) is 11.5 Å². The minimum atomic E-state index is -1.30. The van der Waals surface area contributed by atoms with E-state index in [0.29, 0.717) is 42.4 Å². The number of anilines is 1. The molecule has 0 spiro atoms. The van der Waals surface area contributed by atoms with Crippen LogP contribution in [-0.2, 0) is 16.0 Å². The quantitative estimate of drug-likeness (QED) is 0.749. The lowest BCUT2D eigenvalue weighted by Gasteiger charge is -2.24. The number of hydrogen-bond donors (Lipinski definition) is 2. The summed E-state index contributed by atoms with van der Waals surface area (Å²) in [6.07, 6.45) is 0.346. The van der Waals surface area contributed by atoms with Gasteiger partial charge in [-0.1, -0.05) is 18.2 Å². The van der Waals surface area contributed by atoms with Gasteiger partial charge < -0.3 is 20.1 Å². The molecule has 2 amide bonds. The maximum absolute atomic E-state index is 13.6. The topological polar surface area (TPSA) is 76.7 Å². The molecule has 28 heavy (non-hydrogen) atoms. The predicted molar refractivity (Wildman–Crippen MR) is 103 cm³/mol. The van der Waals surface area contributed by atoms with Crippen LogP contribution in [0.1, 0.15) is 19.4 Å². The molecule has 2 N–H and O–H groups in total. The highest BCUT2D eigenvalue weighted by Gasteiger charge is 2.36. The first kappa shape index (κ1) is 19.7. The molecule has 0 saturated carbocycles. The monoisotopic (exact) mass is 386 g/mol. The predicted octanol–water partition coefficient (Wildman–Crippen LogP) is 2.92. The molecule has 7 heteroatoms. The molecule has 3 rings (SSSR count). The van der Waals surface area contributed by atoms with Crippen LogP contribution in [0, 0.1) is 11.2 Å². The number of carbonyl (C=O) groups excluding carboxylic acids is 2. The van der Waals surface area contributed by atoms with Gasteiger partial charge in [-0.05, 0) is 44.0 Å². The first-order chi connectivity index (χ1) is 13.4. The van der Waals surface area contributed by atoms with Gasteiger partial charge in [-0.25, -0.2) is 4.39 Å². The van der Waals surface area contributed by atoms with Gasteiger partial charge in [0.1, 0.15) is 24.4 Å². The van der Waals surface area contributed by atoms with E-state index in [1.165, 1.54) is 6.07 Å². The standard InChI is InChI=1S/C21H23FN2O4/c1-21(2,19(25)23-10-9-14-5-3-4-6-16(14)22)20(26)24-15-7-8-17-18(13-15)28-12-11-27-17/h3-8,13H,9-12H2,1-2H3,(H,23,25)(H,24,26). The molecule has 0 radical (unpaired) electrons. The fourth-order valence-electron chi connectivity index (χ4n) is 2.74. The van der Waals surface area contributed by atoms with E-state index in [0.717, 1.165) is 0 Å². The van der Waals surface area contributed by atoms with Gasteiger partial charge in [0.2, 0.25) is 11.8 Å². The molecule has 0 bridgehead atoms. The van der Waals surface area contributed by atoms with Crippen molar-refractivity contribution in [2.45, 2.75) is 20.3 Å². The molecule has 0 aliphatic carbocycles. The second kappa shape index (κ2) is 8.29. The summed E-state index contributed by atoms with van der Waals surface area (Å²) in [5.41, 5.74) is -0.273. The smallest absolute Gasteiger partial charge is 0.239 e. The van der Waals surface area contributed by atoms with Crippen LogP contribution in [0.25, 0.3) is 0 Å². The Bertz CT molecular complexity index is 882. The Morgan fingerprint density at radius 1 is 1.04 bits per heavy atom. The lowest BCUT2D eigenvalue weighted by atomic mass is 9.90. The Morgan fingerprint density at radius 2 is 1.75 bits per heavy atom. The van der Waals surface area contributed by atoms with E-state index in [2.05, 4.69) is 10.6 Å². The highest BCUT2D eigenvalue weighted by molar-refractivity contribution is 6.09. The van der Waals surface area contributed by atoms with Gasteiger partial charge in [-0.15, -0.1) is 0 Å². The summed E-state index contributed by atoms with van der Waals surface area (Å²) < 4.78 is 24.6. The van der Waals surface area contributed by atoms with Crippen molar-refractivity contribution in [3.63, 3.8) is 0 Å². The van der Waals surface area contributed by atoms with Gasteiger partial charge >= 0.3 is 0 Å². The summed E-state index contributed by atoms with van der Waals surface area (Å²) in [7, 11) is 0. The fourth-order valence-corrected chi connectivity index (χ4v) is 2.74. The lowest BCUT2D eigenvalue weighted by Crippen LogP contribution is -2.45. The van der Waals surface area contributed by atoms with E-state index in [1.807, 2.05) is 0 Å². The number of hydrogen-bond acceptors (Lipinski definition) is 4. The van der Waals surface area contributed by atoms with Crippen molar-refractivity contribution in [2.75, 3.05) is 25.1 Å². The van der Waals surface area contributed by atoms with Crippen LogP contribution in [0.15, 0.2) is 42.5 Å². The number of rotatable bonds is 6. The van der Waals surface area contributed by atoms with Crippen molar-refractivity contribution in [1.29, 1.82) is 0 Å². The van der Waals surface area contributed by atoms with Crippen molar-refractivity contribution < 1.29 is 23.5 Å². The van der Waals surface area contributed by atoms with Crippen molar-refractivity contribution in [3.05, 3.63) is 53.8 Å². The van der Waals surface area contributed by atoms with Crippen molar-refractivity contribution in [1.82, 2.24) is 5.32 Å². The highest BCUT2D eigenvalue weighted by Crippen LogP contribution is 2.33. The Balaban J connectivity index is 1.57. The van der Waals surface area contributed by atoms with E-state index in [-0.39, 0.29) is 12.4 Å². The van der Waals surface area contributed by atoms with Crippen LogP contribution in [0.3, 0.4) is 0 Å². The van der Waals surface area contributed by atoms with Crippen LogP contribution >= 0.6 is 0 Å². The maximum atomic E-state index is 13.6. The summed E-state index contributed by atoms with van der Waals surface area (Å²) in [5.74, 6) is -0.0237. The Hall–Kier alpha value is -3.09. The van der Waals surface area contributed by atoms with Crippen molar-refractivity contribution in [2.24, 2.45) is 5.41 Å². The van der Waals surface area contributed by atoms with E-state index >= 15 is 0 Å². The zero-order chi connectivity index (χ0) is 20.1. The maximum Gasteiger partial charge on any atom is 0.239 e. The summed E-state index contributed by atoms with van der Waals surface area (Å²) in [6.45, 7) is 4.25. The third-order valence-corrected chi connectivity index (χ3v) is 4.57. The average Bonchev–Trinajstić information content (AvgIpc) is 2.69. The molecular formula is C21H23FN2O4. The largest absolute Gasteiger partial charge is 0.486 e.